The average molecular weight is 497 g/mol. The van der Waals surface area contributed by atoms with Crippen LogP contribution in [0.15, 0.2) is 36.0 Å². The van der Waals surface area contributed by atoms with Gasteiger partial charge in [0.2, 0.25) is 0 Å². The van der Waals surface area contributed by atoms with Crippen molar-refractivity contribution in [2.24, 2.45) is 0 Å². The van der Waals surface area contributed by atoms with E-state index in [0.717, 1.165) is 5.56 Å². The Morgan fingerprint density at radius 1 is 1.31 bits per heavy atom. The highest BCUT2D eigenvalue weighted by molar-refractivity contribution is 5.71. The number of hydrogen-bond acceptors (Lipinski definition) is 5. The molecule has 3 aromatic rings. The standard InChI is InChI=1S/C26H26F2N4O4/c1-15-4-5-32-22(12-19-13-31(26(34)35)6-7-36-19)25(30-23(32)8-15)24-20(27)10-18(11-21(24)28)29-17-3-2-16(9-17)14-33/h4-5,8,10-11,17,19,29H,2-3,6-7,9,12-13H2,1H3,(H,34,35)/t17?,19-/m0/s1. The van der Waals surface area contributed by atoms with E-state index in [2.05, 4.69) is 10.3 Å². The van der Waals surface area contributed by atoms with Crippen molar-refractivity contribution in [1.29, 1.82) is 0 Å². The average Bonchev–Trinajstić information content (AvgIpc) is 3.43. The number of ether oxygens (including phenoxy) is 1. The number of morpholine rings is 1. The number of imidazole rings is 1. The Hall–Kier alpha value is -3.75. The van der Waals surface area contributed by atoms with Crippen molar-refractivity contribution < 1.29 is 28.2 Å². The third kappa shape index (κ3) is 4.69. The molecule has 3 heterocycles. The molecule has 5 rings (SSSR count). The number of aromatic nitrogens is 2. The van der Waals surface area contributed by atoms with Gasteiger partial charge in [0.1, 0.15) is 23.2 Å². The van der Waals surface area contributed by atoms with Crippen LogP contribution in [-0.2, 0) is 16.0 Å². The summed E-state index contributed by atoms with van der Waals surface area (Å²) >= 11 is 0. The van der Waals surface area contributed by atoms with Crippen LogP contribution < -0.4 is 5.32 Å². The maximum absolute atomic E-state index is 15.4. The number of carbonyl (C=O) groups excluding carboxylic acids is 1. The number of rotatable bonds is 5. The van der Waals surface area contributed by atoms with Gasteiger partial charge >= 0.3 is 6.09 Å². The first-order valence-corrected chi connectivity index (χ1v) is 11.9. The van der Waals surface area contributed by atoms with Gasteiger partial charge in [-0.25, -0.2) is 23.4 Å². The van der Waals surface area contributed by atoms with Gasteiger partial charge in [-0.3, -0.25) is 0 Å². The van der Waals surface area contributed by atoms with E-state index in [1.807, 2.05) is 25.0 Å². The first-order chi connectivity index (χ1) is 17.3. The molecule has 1 aromatic carbocycles. The zero-order valence-electron chi connectivity index (χ0n) is 19.8. The van der Waals surface area contributed by atoms with E-state index in [1.165, 1.54) is 17.0 Å². The monoisotopic (exact) mass is 496 g/mol. The van der Waals surface area contributed by atoms with E-state index in [1.54, 1.807) is 10.6 Å². The minimum absolute atomic E-state index is 0.0829. The normalized spacial score (nSPS) is 20.1. The Kier molecular flexibility index (Phi) is 6.47. The lowest BCUT2D eigenvalue weighted by Gasteiger charge is -2.31. The summed E-state index contributed by atoms with van der Waals surface area (Å²) < 4.78 is 38.4. The topological polar surface area (TPSA) is 96.2 Å². The zero-order chi connectivity index (χ0) is 25.4. The van der Waals surface area contributed by atoms with E-state index in [9.17, 15) is 14.7 Å². The van der Waals surface area contributed by atoms with E-state index >= 15 is 8.78 Å². The Morgan fingerprint density at radius 2 is 2.08 bits per heavy atom. The summed E-state index contributed by atoms with van der Waals surface area (Å²) in [6, 6.07) is 6.09. The highest BCUT2D eigenvalue weighted by atomic mass is 19.1. The lowest BCUT2D eigenvalue weighted by molar-refractivity contribution is -0.0214. The number of anilines is 1. The highest BCUT2D eigenvalue weighted by Gasteiger charge is 2.29. The number of benzene rings is 1. The van der Waals surface area contributed by atoms with Crippen LogP contribution in [0.3, 0.4) is 0 Å². The van der Waals surface area contributed by atoms with Crippen molar-refractivity contribution in [3.63, 3.8) is 0 Å². The second-order valence-corrected chi connectivity index (χ2v) is 9.37. The van der Waals surface area contributed by atoms with Gasteiger partial charge in [-0.1, -0.05) is 0 Å². The molecule has 10 heteroatoms. The number of carbonyl (C=O) groups is 1. The number of aryl methyl sites for hydroxylation is 1. The largest absolute Gasteiger partial charge is 0.465 e. The molecule has 0 radical (unpaired) electrons. The summed E-state index contributed by atoms with van der Waals surface area (Å²) in [6.45, 7) is 2.57. The molecule has 1 aliphatic heterocycles. The van der Waals surface area contributed by atoms with Gasteiger partial charge in [0.15, 0.2) is 0 Å². The van der Waals surface area contributed by atoms with Crippen LogP contribution in [0, 0.1) is 18.6 Å². The molecule has 188 valence electrons. The molecule has 0 bridgehead atoms. The van der Waals surface area contributed by atoms with E-state index in [-0.39, 0.29) is 43.4 Å². The SMILES string of the molecule is Cc1ccn2c(C[C@H]3CN(C(=O)O)CCO3)c(-c3c(F)cc(NC4CCC(=C=O)C4)cc3F)nc2c1. The quantitative estimate of drug-likeness (QED) is 0.514. The fourth-order valence-corrected chi connectivity index (χ4v) is 5.01. The van der Waals surface area contributed by atoms with Gasteiger partial charge < -0.3 is 24.5 Å². The molecule has 2 aliphatic rings. The van der Waals surface area contributed by atoms with Gasteiger partial charge in [0, 0.05) is 36.5 Å². The Bertz CT molecular complexity index is 1360. The number of pyridine rings is 1. The Labute approximate surface area is 206 Å². The summed E-state index contributed by atoms with van der Waals surface area (Å²) in [5.41, 5.74) is 2.88. The maximum atomic E-state index is 15.4. The van der Waals surface area contributed by atoms with Crippen molar-refractivity contribution in [2.45, 2.75) is 44.8 Å². The van der Waals surface area contributed by atoms with Crippen LogP contribution in [0.5, 0.6) is 0 Å². The van der Waals surface area contributed by atoms with E-state index in [4.69, 9.17) is 4.74 Å². The predicted octanol–water partition coefficient (Wildman–Crippen LogP) is 4.23. The molecular formula is C26H26F2N4O4. The maximum Gasteiger partial charge on any atom is 0.407 e. The number of nitrogens with zero attached hydrogens (tertiary/aromatic N) is 3. The van der Waals surface area contributed by atoms with Crippen molar-refractivity contribution in [3.05, 3.63) is 58.9 Å². The van der Waals surface area contributed by atoms with Crippen LogP contribution in [0.4, 0.5) is 19.3 Å². The van der Waals surface area contributed by atoms with Crippen LogP contribution in [-0.4, -0.2) is 63.3 Å². The van der Waals surface area contributed by atoms with Gasteiger partial charge in [-0.15, -0.1) is 0 Å². The van der Waals surface area contributed by atoms with Crippen molar-refractivity contribution in [1.82, 2.24) is 14.3 Å². The second kappa shape index (κ2) is 9.72. The fourth-order valence-electron chi connectivity index (χ4n) is 5.01. The first-order valence-electron chi connectivity index (χ1n) is 11.9. The molecule has 2 N–H and O–H groups in total. The zero-order valence-corrected chi connectivity index (χ0v) is 19.8. The van der Waals surface area contributed by atoms with E-state index < -0.39 is 23.8 Å². The molecule has 0 spiro atoms. The van der Waals surface area contributed by atoms with Crippen LogP contribution >= 0.6 is 0 Å². The molecular weight excluding hydrogens is 470 g/mol. The molecule has 2 aromatic heterocycles. The predicted molar refractivity (Wildman–Crippen MR) is 129 cm³/mol. The molecule has 8 nitrogen and oxygen atoms in total. The molecule has 1 aliphatic carbocycles. The van der Waals surface area contributed by atoms with Crippen LogP contribution in [0.1, 0.15) is 30.5 Å². The van der Waals surface area contributed by atoms with Crippen LogP contribution in [0.2, 0.25) is 0 Å². The van der Waals surface area contributed by atoms with Gasteiger partial charge in [0.05, 0.1) is 36.2 Å². The number of amides is 1. The van der Waals surface area contributed by atoms with Gasteiger partial charge in [-0.05, 0) is 56.0 Å². The van der Waals surface area contributed by atoms with Gasteiger partial charge in [-0.2, -0.15) is 0 Å². The Balaban J connectivity index is 1.51. The minimum Gasteiger partial charge on any atom is -0.465 e. The smallest absolute Gasteiger partial charge is 0.407 e. The number of carboxylic acid groups (broad SMARTS) is 1. The Morgan fingerprint density at radius 3 is 2.78 bits per heavy atom. The summed E-state index contributed by atoms with van der Waals surface area (Å²) in [6.07, 6.45) is 2.32. The molecule has 1 amide bonds. The molecule has 1 saturated carbocycles. The van der Waals surface area contributed by atoms with Crippen molar-refractivity contribution >= 4 is 23.4 Å². The van der Waals surface area contributed by atoms with Crippen LogP contribution in [0.25, 0.3) is 16.9 Å². The first kappa shape index (κ1) is 24.0. The fraction of sp³-hybridized carbons (Fsp3) is 0.385. The number of fused-ring (bicyclic) bond motifs is 1. The van der Waals surface area contributed by atoms with Crippen molar-refractivity contribution in [2.75, 3.05) is 25.0 Å². The third-order valence-corrected chi connectivity index (χ3v) is 6.79. The molecule has 1 unspecified atom stereocenters. The number of hydrogen-bond donors (Lipinski definition) is 2. The molecule has 2 fully saturated rings. The van der Waals surface area contributed by atoms with Crippen molar-refractivity contribution in [3.8, 4) is 11.3 Å². The molecule has 1 saturated heterocycles. The number of nitrogens with one attached hydrogen (secondary N) is 1. The van der Waals surface area contributed by atoms with E-state index in [0.29, 0.717) is 41.9 Å². The highest BCUT2D eigenvalue weighted by Crippen LogP contribution is 2.34. The molecule has 36 heavy (non-hydrogen) atoms. The third-order valence-electron chi connectivity index (χ3n) is 6.79. The molecule has 2 atom stereocenters. The summed E-state index contributed by atoms with van der Waals surface area (Å²) in [7, 11) is 0. The van der Waals surface area contributed by atoms with Gasteiger partial charge in [0.25, 0.3) is 0 Å². The summed E-state index contributed by atoms with van der Waals surface area (Å²) in [5.74, 6) is 0.392. The second-order valence-electron chi connectivity index (χ2n) is 9.37. The minimum atomic E-state index is -1.03. The number of halogens is 2. The summed E-state index contributed by atoms with van der Waals surface area (Å²) in [4.78, 5) is 28.2. The lowest BCUT2D eigenvalue weighted by atomic mass is 10.0. The lowest BCUT2D eigenvalue weighted by Crippen LogP contribution is -2.45. The summed E-state index contributed by atoms with van der Waals surface area (Å²) in [5, 5.41) is 12.5.